The molecule has 146 valence electrons. The number of ether oxygens (including phenoxy) is 1. The zero-order valence-electron chi connectivity index (χ0n) is 16.7. The van der Waals surface area contributed by atoms with Gasteiger partial charge in [0.1, 0.15) is 0 Å². The summed E-state index contributed by atoms with van der Waals surface area (Å²) in [7, 11) is 0. The molecule has 1 aliphatic heterocycles. The molecule has 0 aromatic carbocycles. The summed E-state index contributed by atoms with van der Waals surface area (Å²) < 4.78 is 6.55. The SMILES string of the molecule is CCC1CC2=C/C(=N/O)CC[C@@H]2C2CC[C@@]3(C)C(C4CC4[C@@]34C=CCO4)C12. The number of oxime groups is 1. The summed E-state index contributed by atoms with van der Waals surface area (Å²) in [6, 6.07) is 0. The molecule has 6 aliphatic rings. The third-order valence-electron chi connectivity index (χ3n) is 9.92. The Hall–Kier alpha value is -1.09. The molecular formula is C24H33NO2. The van der Waals surface area contributed by atoms with Crippen molar-refractivity contribution < 1.29 is 9.94 Å². The van der Waals surface area contributed by atoms with Crippen LogP contribution in [0.3, 0.4) is 0 Å². The molecule has 3 nitrogen and oxygen atoms in total. The van der Waals surface area contributed by atoms with Crippen LogP contribution in [0.5, 0.6) is 0 Å². The zero-order valence-corrected chi connectivity index (χ0v) is 16.7. The summed E-state index contributed by atoms with van der Waals surface area (Å²) in [6.07, 6.45) is 15.8. The number of allylic oxidation sites excluding steroid dienone is 2. The Morgan fingerprint density at radius 2 is 2.19 bits per heavy atom. The number of rotatable bonds is 1. The van der Waals surface area contributed by atoms with Crippen molar-refractivity contribution in [1.82, 2.24) is 0 Å². The Morgan fingerprint density at radius 3 is 2.93 bits per heavy atom. The van der Waals surface area contributed by atoms with Gasteiger partial charge in [0.25, 0.3) is 0 Å². The van der Waals surface area contributed by atoms with Gasteiger partial charge in [-0.3, -0.25) is 0 Å². The normalized spacial score (nSPS) is 56.4. The van der Waals surface area contributed by atoms with E-state index in [0.29, 0.717) is 5.41 Å². The topological polar surface area (TPSA) is 41.8 Å². The molecule has 0 amide bonds. The van der Waals surface area contributed by atoms with E-state index in [1.807, 2.05) is 0 Å². The maximum absolute atomic E-state index is 9.27. The fourth-order valence-electron chi connectivity index (χ4n) is 8.93. The first kappa shape index (κ1) is 16.8. The van der Waals surface area contributed by atoms with Gasteiger partial charge in [0, 0.05) is 5.41 Å². The molecule has 5 aliphatic carbocycles. The van der Waals surface area contributed by atoms with Gasteiger partial charge in [-0.05, 0) is 86.0 Å². The van der Waals surface area contributed by atoms with Gasteiger partial charge in [-0.1, -0.05) is 43.1 Å². The standard InChI is InChI=1S/C24H33NO2/c1-3-14-11-15-12-16(25-26)5-6-17(15)18-7-9-23(2)22(21(14)18)19-13-20(19)24(23)8-4-10-27-24/h4,8,12,14,17-22,26H,3,5-7,9-11,13H2,1-2H3/b25-16+/t14?,17-,18?,19?,20?,21?,22?,23-,24-/m0/s1. The molecule has 6 rings (SSSR count). The lowest BCUT2D eigenvalue weighted by Gasteiger charge is -2.59. The molecule has 1 spiro atoms. The molecular weight excluding hydrogens is 334 g/mol. The monoisotopic (exact) mass is 367 g/mol. The van der Waals surface area contributed by atoms with Gasteiger partial charge in [0.2, 0.25) is 0 Å². The van der Waals surface area contributed by atoms with Gasteiger partial charge in [0.05, 0.1) is 17.9 Å². The predicted octanol–water partition coefficient (Wildman–Crippen LogP) is 5.21. The third-order valence-corrected chi connectivity index (χ3v) is 9.92. The van der Waals surface area contributed by atoms with E-state index in [1.165, 1.54) is 38.5 Å². The Morgan fingerprint density at radius 1 is 1.30 bits per heavy atom. The van der Waals surface area contributed by atoms with Crippen molar-refractivity contribution in [1.29, 1.82) is 0 Å². The Balaban J connectivity index is 1.41. The summed E-state index contributed by atoms with van der Waals surface area (Å²) in [5.74, 6) is 5.79. The Bertz CT molecular complexity index is 753. The first-order valence-corrected chi connectivity index (χ1v) is 11.4. The van der Waals surface area contributed by atoms with Crippen molar-refractivity contribution in [2.75, 3.05) is 6.61 Å². The van der Waals surface area contributed by atoms with Crippen molar-refractivity contribution in [3.8, 4) is 0 Å². The average molecular weight is 368 g/mol. The van der Waals surface area contributed by atoms with E-state index in [4.69, 9.17) is 4.74 Å². The first-order valence-electron chi connectivity index (χ1n) is 11.4. The van der Waals surface area contributed by atoms with E-state index in [9.17, 15) is 5.21 Å². The second-order valence-corrected chi connectivity index (χ2v) is 10.6. The molecule has 0 aromatic rings. The fraction of sp³-hybridized carbons (Fsp3) is 0.792. The van der Waals surface area contributed by atoms with Crippen molar-refractivity contribution in [2.24, 2.45) is 52.0 Å². The molecule has 1 N–H and O–H groups in total. The lowest BCUT2D eigenvalue weighted by molar-refractivity contribution is -0.140. The van der Waals surface area contributed by atoms with Crippen LogP contribution in [0.1, 0.15) is 58.8 Å². The molecule has 6 unspecified atom stereocenters. The summed E-state index contributed by atoms with van der Waals surface area (Å²) in [4.78, 5) is 0. The first-order chi connectivity index (χ1) is 13.1. The van der Waals surface area contributed by atoms with Crippen LogP contribution in [-0.2, 0) is 4.74 Å². The molecule has 3 heteroatoms. The summed E-state index contributed by atoms with van der Waals surface area (Å²) in [5, 5.41) is 12.8. The summed E-state index contributed by atoms with van der Waals surface area (Å²) in [6.45, 7) is 5.82. The lowest BCUT2D eigenvalue weighted by atomic mass is 9.46. The minimum Gasteiger partial charge on any atom is -0.411 e. The molecule has 0 aromatic heterocycles. The largest absolute Gasteiger partial charge is 0.411 e. The quantitative estimate of drug-likeness (QED) is 0.393. The molecule has 4 fully saturated rings. The lowest BCUT2D eigenvalue weighted by Crippen LogP contribution is -2.56. The molecule has 4 saturated carbocycles. The molecule has 27 heavy (non-hydrogen) atoms. The second-order valence-electron chi connectivity index (χ2n) is 10.6. The van der Waals surface area contributed by atoms with Crippen molar-refractivity contribution in [2.45, 2.75) is 64.4 Å². The number of fused-ring (bicyclic) bond motifs is 9. The maximum Gasteiger partial charge on any atom is 0.0954 e. The molecule has 9 atom stereocenters. The highest BCUT2D eigenvalue weighted by Gasteiger charge is 2.76. The van der Waals surface area contributed by atoms with Gasteiger partial charge in [-0.25, -0.2) is 0 Å². The van der Waals surface area contributed by atoms with Gasteiger partial charge < -0.3 is 9.94 Å². The summed E-state index contributed by atoms with van der Waals surface area (Å²) >= 11 is 0. The maximum atomic E-state index is 9.27. The highest BCUT2D eigenvalue weighted by molar-refractivity contribution is 5.96. The average Bonchev–Trinajstić information content (AvgIpc) is 3.26. The molecule has 0 bridgehead atoms. The van der Waals surface area contributed by atoms with Crippen LogP contribution in [0.25, 0.3) is 0 Å². The summed E-state index contributed by atoms with van der Waals surface area (Å²) in [5.41, 5.74) is 2.91. The van der Waals surface area contributed by atoms with Gasteiger partial charge in [0.15, 0.2) is 0 Å². The number of nitrogens with zero attached hydrogens (tertiary/aromatic N) is 1. The van der Waals surface area contributed by atoms with Crippen LogP contribution >= 0.6 is 0 Å². The molecule has 0 radical (unpaired) electrons. The van der Waals surface area contributed by atoms with Crippen LogP contribution in [0.15, 0.2) is 29.0 Å². The third kappa shape index (κ3) is 1.95. The minimum atomic E-state index is 0.0605. The van der Waals surface area contributed by atoms with E-state index < -0.39 is 0 Å². The van der Waals surface area contributed by atoms with Crippen molar-refractivity contribution in [3.05, 3.63) is 23.8 Å². The van der Waals surface area contributed by atoms with Crippen molar-refractivity contribution >= 4 is 5.71 Å². The van der Waals surface area contributed by atoms with Crippen LogP contribution in [0.2, 0.25) is 0 Å². The fourth-order valence-corrected chi connectivity index (χ4v) is 8.93. The highest BCUT2D eigenvalue weighted by atomic mass is 16.5. The smallest absolute Gasteiger partial charge is 0.0954 e. The highest BCUT2D eigenvalue weighted by Crippen LogP contribution is 2.78. The zero-order chi connectivity index (χ0) is 18.4. The molecule has 1 heterocycles. The van der Waals surface area contributed by atoms with Crippen LogP contribution in [0, 0.1) is 46.8 Å². The number of hydrogen-bond acceptors (Lipinski definition) is 3. The van der Waals surface area contributed by atoms with Crippen LogP contribution in [-0.4, -0.2) is 23.1 Å². The van der Waals surface area contributed by atoms with Crippen molar-refractivity contribution in [3.63, 3.8) is 0 Å². The van der Waals surface area contributed by atoms with E-state index in [1.54, 1.807) is 5.57 Å². The second kappa shape index (κ2) is 5.49. The predicted molar refractivity (Wildman–Crippen MR) is 106 cm³/mol. The van der Waals surface area contributed by atoms with Gasteiger partial charge in [-0.15, -0.1) is 0 Å². The van der Waals surface area contributed by atoms with Crippen LogP contribution < -0.4 is 0 Å². The van der Waals surface area contributed by atoms with E-state index >= 15 is 0 Å². The van der Waals surface area contributed by atoms with E-state index in [2.05, 4.69) is 37.2 Å². The molecule has 0 saturated heterocycles. The van der Waals surface area contributed by atoms with E-state index in [0.717, 1.165) is 60.2 Å². The van der Waals surface area contributed by atoms with Gasteiger partial charge >= 0.3 is 0 Å². The minimum absolute atomic E-state index is 0.0605. The van der Waals surface area contributed by atoms with Gasteiger partial charge in [-0.2, -0.15) is 0 Å². The Labute approximate surface area is 162 Å². The van der Waals surface area contributed by atoms with Crippen LogP contribution in [0.4, 0.5) is 0 Å². The van der Waals surface area contributed by atoms with E-state index in [-0.39, 0.29) is 5.60 Å². The number of hydrogen-bond donors (Lipinski definition) is 1. The Kier molecular flexibility index (Phi) is 3.42.